The van der Waals surface area contributed by atoms with E-state index in [1.165, 1.54) is 19.5 Å². The van der Waals surface area contributed by atoms with Gasteiger partial charge in [-0.05, 0) is 39.5 Å². The number of halogens is 1. The molecule has 0 bridgehead atoms. The van der Waals surface area contributed by atoms with Crippen molar-refractivity contribution in [2.45, 2.75) is 74.4 Å². The van der Waals surface area contributed by atoms with Crippen LogP contribution in [0.3, 0.4) is 0 Å². The molecule has 2 aromatic rings. The molecule has 4 rings (SSSR count). The van der Waals surface area contributed by atoms with E-state index >= 15 is 0 Å². The average Bonchev–Trinajstić information content (AvgIpc) is 3.21. The van der Waals surface area contributed by atoms with Crippen molar-refractivity contribution < 1.29 is 22.6 Å². The minimum Gasteiger partial charge on any atom is -0.382 e. The minimum atomic E-state index is -3.72. The van der Waals surface area contributed by atoms with Crippen LogP contribution in [0, 0.1) is 0 Å². The summed E-state index contributed by atoms with van der Waals surface area (Å²) in [6, 6.07) is 0. The molecule has 0 unspecified atom stereocenters. The number of rotatable bonds is 10. The zero-order chi connectivity index (χ0) is 23.8. The zero-order valence-corrected chi connectivity index (χ0v) is 20.8. The van der Waals surface area contributed by atoms with Crippen LogP contribution in [0.5, 0.6) is 0 Å². The predicted octanol–water partition coefficient (Wildman–Crippen LogP) is 2.79. The number of sulfone groups is 1. The Balaban J connectivity index is 1.65. The first-order valence-corrected chi connectivity index (χ1v) is 13.1. The molecule has 3 heterocycles. The van der Waals surface area contributed by atoms with E-state index in [1.54, 1.807) is 14.0 Å². The van der Waals surface area contributed by atoms with Gasteiger partial charge in [0.1, 0.15) is 23.8 Å². The van der Waals surface area contributed by atoms with E-state index in [4.69, 9.17) is 25.8 Å². The highest BCUT2D eigenvalue weighted by molar-refractivity contribution is 7.91. The summed E-state index contributed by atoms with van der Waals surface area (Å²) >= 11 is 5.87. The molecule has 2 aliphatic rings. The lowest BCUT2D eigenvalue weighted by molar-refractivity contribution is 0.0438. The van der Waals surface area contributed by atoms with Crippen molar-refractivity contribution in [2.24, 2.45) is 0 Å². The Morgan fingerprint density at radius 3 is 2.48 bits per heavy atom. The van der Waals surface area contributed by atoms with Crippen LogP contribution in [0.25, 0.3) is 0 Å². The largest absolute Gasteiger partial charge is 0.382 e. The summed E-state index contributed by atoms with van der Waals surface area (Å²) < 4.78 is 45.9. The Bertz CT molecular complexity index is 1070. The maximum absolute atomic E-state index is 13.5. The summed E-state index contributed by atoms with van der Waals surface area (Å²) in [5, 5.41) is 8.16. The molecule has 1 saturated carbocycles. The molecule has 0 amide bonds. The van der Waals surface area contributed by atoms with E-state index in [0.29, 0.717) is 23.3 Å². The fourth-order valence-electron chi connectivity index (χ4n) is 4.46. The van der Waals surface area contributed by atoms with E-state index in [0.717, 1.165) is 25.7 Å². The lowest BCUT2D eigenvalue weighted by Gasteiger charge is -2.24. The molecule has 0 radical (unpaired) electrons. The van der Waals surface area contributed by atoms with Crippen LogP contribution in [0.15, 0.2) is 12.4 Å². The van der Waals surface area contributed by atoms with Crippen molar-refractivity contribution in [3.05, 3.63) is 34.9 Å². The Kier molecular flexibility index (Phi) is 7.07. The topological polar surface area (TPSA) is 118 Å². The normalized spacial score (nSPS) is 24.0. The van der Waals surface area contributed by atoms with Crippen LogP contribution in [0.4, 0.5) is 0 Å². The summed E-state index contributed by atoms with van der Waals surface area (Å²) in [6.07, 6.45) is 5.41. The Morgan fingerprint density at radius 2 is 1.94 bits per heavy atom. The fraction of sp³-hybridized carbons (Fsp3) is 0.714. The third-order valence-corrected chi connectivity index (χ3v) is 8.70. The van der Waals surface area contributed by atoms with Crippen molar-refractivity contribution >= 4 is 21.4 Å². The van der Waals surface area contributed by atoms with E-state index in [9.17, 15) is 8.42 Å². The molecule has 0 spiro atoms. The second kappa shape index (κ2) is 9.53. The third kappa shape index (κ3) is 4.93. The highest BCUT2D eigenvalue weighted by Crippen LogP contribution is 2.47. The molecule has 33 heavy (non-hydrogen) atoms. The minimum absolute atomic E-state index is 0.131. The van der Waals surface area contributed by atoms with Crippen molar-refractivity contribution in [3.63, 3.8) is 0 Å². The molecule has 1 saturated heterocycles. The Morgan fingerprint density at radius 1 is 1.24 bits per heavy atom. The molecule has 2 aromatic heterocycles. The van der Waals surface area contributed by atoms with Gasteiger partial charge in [-0.2, -0.15) is 0 Å². The smallest absolute Gasteiger partial charge is 0.163 e. The van der Waals surface area contributed by atoms with Gasteiger partial charge in [0.2, 0.25) is 0 Å². The Labute approximate surface area is 198 Å². The predicted molar refractivity (Wildman–Crippen MR) is 121 cm³/mol. The van der Waals surface area contributed by atoms with Gasteiger partial charge >= 0.3 is 0 Å². The van der Waals surface area contributed by atoms with Crippen molar-refractivity contribution in [3.8, 4) is 0 Å². The molecule has 1 aliphatic heterocycles. The van der Waals surface area contributed by atoms with Crippen molar-refractivity contribution in [1.29, 1.82) is 0 Å². The summed E-state index contributed by atoms with van der Waals surface area (Å²) in [5.74, 6) is 1.03. The summed E-state index contributed by atoms with van der Waals surface area (Å²) in [4.78, 5) is 8.29. The van der Waals surface area contributed by atoms with Crippen LogP contribution < -0.4 is 0 Å². The number of hydrogen-bond acceptors (Lipinski definition) is 9. The van der Waals surface area contributed by atoms with Crippen molar-refractivity contribution in [2.75, 3.05) is 20.8 Å². The lowest BCUT2D eigenvalue weighted by Crippen LogP contribution is -2.32. The van der Waals surface area contributed by atoms with E-state index in [2.05, 4.69) is 20.2 Å². The maximum Gasteiger partial charge on any atom is 0.163 e. The number of nitrogens with zero attached hydrogens (tertiary/aromatic N) is 5. The fourth-order valence-corrected chi connectivity index (χ4v) is 5.98. The number of hydrogen-bond donors (Lipinski definition) is 0. The molecular weight excluding hydrogens is 470 g/mol. The average molecular weight is 500 g/mol. The van der Waals surface area contributed by atoms with Gasteiger partial charge in [0.05, 0.1) is 28.5 Å². The summed E-state index contributed by atoms with van der Waals surface area (Å²) in [5.41, 5.74) is -0.336. The molecule has 0 N–H and O–H groups in total. The van der Waals surface area contributed by atoms with E-state index < -0.39 is 21.2 Å². The molecule has 2 fully saturated rings. The molecule has 10 nitrogen and oxygen atoms in total. The molecule has 12 heteroatoms. The lowest BCUT2D eigenvalue weighted by atomic mass is 10.2. The standard InChI is InChI=1S/C21H30ClN5O5S/c1-13-5-6-16(32-13)20-26-25-17(27(20)21(7-8-21)12-30-3)11-33(28,29)14(2)18(31-4)19-23-9-15(22)10-24-19/h9-10,13-14,16,18H,5-8,11-12H2,1-4H3/t13-,14+,16-,18+/m1/s1. The van der Waals surface area contributed by atoms with Crippen LogP contribution in [0.1, 0.15) is 69.2 Å². The van der Waals surface area contributed by atoms with Gasteiger partial charge < -0.3 is 18.8 Å². The third-order valence-electron chi connectivity index (χ3n) is 6.46. The second-order valence-electron chi connectivity index (χ2n) is 8.91. The highest BCUT2D eigenvalue weighted by Gasteiger charge is 2.49. The zero-order valence-electron chi connectivity index (χ0n) is 19.3. The summed E-state index contributed by atoms with van der Waals surface area (Å²) in [7, 11) is -0.636. The first-order chi connectivity index (χ1) is 15.7. The van der Waals surface area contributed by atoms with Gasteiger partial charge in [-0.25, -0.2) is 18.4 Å². The van der Waals surface area contributed by atoms with Crippen LogP contribution in [0.2, 0.25) is 5.02 Å². The van der Waals surface area contributed by atoms with Gasteiger partial charge in [0, 0.05) is 26.6 Å². The van der Waals surface area contributed by atoms with Crippen molar-refractivity contribution in [1.82, 2.24) is 24.7 Å². The molecule has 4 atom stereocenters. The molecule has 1 aliphatic carbocycles. The summed E-state index contributed by atoms with van der Waals surface area (Å²) in [6.45, 7) is 4.08. The SMILES string of the molecule is COCC1(n2c(CS(=O)(=O)[C@@H](C)[C@H](OC)c3ncc(Cl)cn3)nnc2[C@H]2CC[C@@H](C)O2)CC1. The second-order valence-corrected chi connectivity index (χ2v) is 11.7. The number of aromatic nitrogens is 5. The molecular formula is C21H30ClN5O5S. The molecule has 182 valence electrons. The first-order valence-electron chi connectivity index (χ1n) is 11.0. The van der Waals surface area contributed by atoms with Crippen LogP contribution in [-0.2, 0) is 35.3 Å². The Hall–Kier alpha value is -1.66. The first kappa shape index (κ1) is 24.5. The van der Waals surface area contributed by atoms with E-state index in [-0.39, 0.29) is 29.3 Å². The monoisotopic (exact) mass is 499 g/mol. The maximum atomic E-state index is 13.5. The van der Waals surface area contributed by atoms with Gasteiger partial charge in [0.25, 0.3) is 0 Å². The van der Waals surface area contributed by atoms with Gasteiger partial charge in [0.15, 0.2) is 21.5 Å². The highest BCUT2D eigenvalue weighted by atomic mass is 35.5. The van der Waals surface area contributed by atoms with Gasteiger partial charge in [-0.15, -0.1) is 10.2 Å². The van der Waals surface area contributed by atoms with Gasteiger partial charge in [-0.3, -0.25) is 0 Å². The van der Waals surface area contributed by atoms with Crippen LogP contribution >= 0.6 is 11.6 Å². The quantitative estimate of drug-likeness (QED) is 0.486. The number of methoxy groups -OCH3 is 2. The van der Waals surface area contributed by atoms with Gasteiger partial charge in [-0.1, -0.05) is 11.6 Å². The van der Waals surface area contributed by atoms with E-state index in [1.807, 2.05) is 11.5 Å². The number of ether oxygens (including phenoxy) is 3. The van der Waals surface area contributed by atoms with Crippen LogP contribution in [-0.4, -0.2) is 65.3 Å². The molecule has 0 aromatic carbocycles.